The molecule has 0 saturated carbocycles. The molecule has 0 spiro atoms. The van der Waals surface area contributed by atoms with Gasteiger partial charge in [0.05, 0.1) is 24.2 Å². The van der Waals surface area contributed by atoms with E-state index in [0.29, 0.717) is 5.75 Å². The zero-order valence-electron chi connectivity index (χ0n) is 15.0. The summed E-state index contributed by atoms with van der Waals surface area (Å²) in [5.41, 5.74) is 1.22. The Morgan fingerprint density at radius 2 is 1.70 bits per heavy atom. The van der Waals surface area contributed by atoms with E-state index in [2.05, 4.69) is 10.6 Å². The van der Waals surface area contributed by atoms with Crippen molar-refractivity contribution < 1.29 is 22.3 Å². The Kier molecular flexibility index (Phi) is 4.83. The van der Waals surface area contributed by atoms with Gasteiger partial charge in [-0.3, -0.25) is 8.61 Å². The number of nitrogens with one attached hydrogen (secondary N) is 2. The number of hydrogen-bond donors (Lipinski definition) is 2. The number of nitrogens with zero attached hydrogens (tertiary/aromatic N) is 2. The minimum atomic E-state index is -3.72. The number of carbonyl (C=O) groups excluding carboxylic acids is 1. The molecule has 144 valence electrons. The number of halogens is 1. The topological polar surface area (TPSA) is 91.0 Å². The van der Waals surface area contributed by atoms with Crippen molar-refractivity contribution in [3.63, 3.8) is 0 Å². The van der Waals surface area contributed by atoms with Crippen LogP contribution in [-0.2, 0) is 16.8 Å². The number of urea groups is 1. The average molecular weight is 394 g/mol. The van der Waals surface area contributed by atoms with Crippen LogP contribution in [0.15, 0.2) is 36.4 Å². The summed E-state index contributed by atoms with van der Waals surface area (Å²) >= 11 is 0. The molecule has 1 aliphatic heterocycles. The van der Waals surface area contributed by atoms with E-state index in [1.54, 1.807) is 31.4 Å². The van der Waals surface area contributed by atoms with Gasteiger partial charge in [-0.15, -0.1) is 0 Å². The number of amides is 2. The molecule has 0 unspecified atom stereocenters. The molecule has 1 heterocycles. The molecule has 2 N–H and O–H groups in total. The summed E-state index contributed by atoms with van der Waals surface area (Å²) in [4.78, 5) is 12.1. The van der Waals surface area contributed by atoms with Gasteiger partial charge in [0.15, 0.2) is 0 Å². The Bertz CT molecular complexity index is 979. The summed E-state index contributed by atoms with van der Waals surface area (Å²) in [7, 11) is 0.550. The van der Waals surface area contributed by atoms with E-state index in [4.69, 9.17) is 4.74 Å². The van der Waals surface area contributed by atoms with Gasteiger partial charge in [-0.2, -0.15) is 8.42 Å². The van der Waals surface area contributed by atoms with Crippen molar-refractivity contribution in [1.82, 2.24) is 5.32 Å². The summed E-state index contributed by atoms with van der Waals surface area (Å²) in [5.74, 6) is -0.0295. The van der Waals surface area contributed by atoms with Crippen LogP contribution in [0.4, 0.5) is 26.2 Å². The molecular formula is C17H19FN4O4S. The van der Waals surface area contributed by atoms with Crippen molar-refractivity contribution in [2.45, 2.75) is 6.54 Å². The van der Waals surface area contributed by atoms with Gasteiger partial charge in [0.25, 0.3) is 0 Å². The van der Waals surface area contributed by atoms with Gasteiger partial charge in [-0.1, -0.05) is 12.1 Å². The van der Waals surface area contributed by atoms with Crippen LogP contribution in [0.2, 0.25) is 0 Å². The third-order valence-corrected chi connectivity index (χ3v) is 6.07. The highest BCUT2D eigenvalue weighted by atomic mass is 32.2. The van der Waals surface area contributed by atoms with Crippen LogP contribution in [0.25, 0.3) is 0 Å². The van der Waals surface area contributed by atoms with Crippen molar-refractivity contribution in [3.05, 3.63) is 47.8 Å². The van der Waals surface area contributed by atoms with E-state index in [1.807, 2.05) is 0 Å². The van der Waals surface area contributed by atoms with Gasteiger partial charge in [-0.25, -0.2) is 9.18 Å². The Labute approximate surface area is 156 Å². The highest BCUT2D eigenvalue weighted by Crippen LogP contribution is 2.41. The monoisotopic (exact) mass is 394 g/mol. The van der Waals surface area contributed by atoms with Gasteiger partial charge < -0.3 is 15.4 Å². The third kappa shape index (κ3) is 3.47. The molecular weight excluding hydrogens is 375 g/mol. The lowest BCUT2D eigenvalue weighted by Gasteiger charge is -2.13. The maximum absolute atomic E-state index is 14.3. The normalized spacial score (nSPS) is 14.7. The highest BCUT2D eigenvalue weighted by Gasteiger charge is 2.36. The fourth-order valence-electron chi connectivity index (χ4n) is 2.68. The maximum atomic E-state index is 14.3. The van der Waals surface area contributed by atoms with E-state index in [0.717, 1.165) is 20.2 Å². The average Bonchev–Trinajstić information content (AvgIpc) is 2.81. The Hall–Kier alpha value is -3.01. The smallest absolute Gasteiger partial charge is 0.326 e. The third-order valence-electron chi connectivity index (χ3n) is 4.30. The standard InChI is InChI=1S/C17H19FN4O4S/c1-21-15-8-13(18)14(9-16(15)22(2)27(21,24)25)20-17(23)19-10-11-4-6-12(26-3)7-5-11/h4-9H,10H2,1-3H3,(H2,19,20,23). The Morgan fingerprint density at radius 1 is 1.11 bits per heavy atom. The van der Waals surface area contributed by atoms with Crippen molar-refractivity contribution >= 4 is 33.3 Å². The first kappa shape index (κ1) is 18.8. The second kappa shape index (κ2) is 6.95. The molecule has 8 nitrogen and oxygen atoms in total. The number of carbonyl (C=O) groups is 1. The summed E-state index contributed by atoms with van der Waals surface area (Å²) in [6, 6.07) is 8.88. The van der Waals surface area contributed by atoms with Crippen LogP contribution >= 0.6 is 0 Å². The largest absolute Gasteiger partial charge is 0.497 e. The molecule has 0 bridgehead atoms. The zero-order chi connectivity index (χ0) is 19.8. The number of fused-ring (bicyclic) bond motifs is 1. The summed E-state index contributed by atoms with van der Waals surface area (Å²) in [6.45, 7) is 0.236. The van der Waals surface area contributed by atoms with E-state index >= 15 is 0 Å². The van der Waals surface area contributed by atoms with Crippen LogP contribution in [0.3, 0.4) is 0 Å². The number of rotatable bonds is 4. The minimum absolute atomic E-state index is 0.113. The quantitative estimate of drug-likeness (QED) is 0.832. The van der Waals surface area contributed by atoms with Gasteiger partial charge in [0, 0.05) is 26.7 Å². The first-order valence-corrected chi connectivity index (χ1v) is 9.38. The van der Waals surface area contributed by atoms with E-state index in [1.165, 1.54) is 20.2 Å². The second-order valence-corrected chi connectivity index (χ2v) is 7.91. The molecule has 1 aliphatic rings. The van der Waals surface area contributed by atoms with Gasteiger partial charge in [0.2, 0.25) is 0 Å². The van der Waals surface area contributed by atoms with Gasteiger partial charge in [-0.05, 0) is 23.8 Å². The maximum Gasteiger partial charge on any atom is 0.326 e. The zero-order valence-corrected chi connectivity index (χ0v) is 15.8. The predicted molar refractivity (Wildman–Crippen MR) is 101 cm³/mol. The molecule has 0 aromatic heterocycles. The van der Waals surface area contributed by atoms with E-state index in [9.17, 15) is 17.6 Å². The number of ether oxygens (including phenoxy) is 1. The Morgan fingerprint density at radius 3 is 2.30 bits per heavy atom. The summed E-state index contributed by atoms with van der Waals surface area (Å²) in [6.07, 6.45) is 0. The fraction of sp³-hybridized carbons (Fsp3) is 0.235. The highest BCUT2D eigenvalue weighted by molar-refractivity contribution is 7.94. The first-order valence-electron chi connectivity index (χ1n) is 7.98. The van der Waals surface area contributed by atoms with Crippen molar-refractivity contribution in [2.24, 2.45) is 0 Å². The molecule has 10 heteroatoms. The lowest BCUT2D eigenvalue weighted by molar-refractivity contribution is 0.251. The minimum Gasteiger partial charge on any atom is -0.497 e. The predicted octanol–water partition coefficient (Wildman–Crippen LogP) is 2.29. The molecule has 2 amide bonds. The van der Waals surface area contributed by atoms with Crippen molar-refractivity contribution in [3.8, 4) is 5.75 Å². The molecule has 27 heavy (non-hydrogen) atoms. The lowest BCUT2D eigenvalue weighted by atomic mass is 10.2. The number of hydrogen-bond acceptors (Lipinski definition) is 4. The van der Waals surface area contributed by atoms with Gasteiger partial charge in [0.1, 0.15) is 11.6 Å². The second-order valence-electron chi connectivity index (χ2n) is 5.92. The van der Waals surface area contributed by atoms with Crippen LogP contribution < -0.4 is 24.0 Å². The van der Waals surface area contributed by atoms with Gasteiger partial charge >= 0.3 is 16.2 Å². The van der Waals surface area contributed by atoms with Crippen LogP contribution in [0.1, 0.15) is 5.56 Å². The molecule has 0 fully saturated rings. The molecule has 0 aliphatic carbocycles. The first-order chi connectivity index (χ1) is 12.7. The number of benzene rings is 2. The molecule has 3 rings (SSSR count). The lowest BCUT2D eigenvalue weighted by Crippen LogP contribution is -2.32. The molecule has 0 saturated heterocycles. The summed E-state index contributed by atoms with van der Waals surface area (Å²) < 4.78 is 45.6. The Balaban J connectivity index is 1.71. The van der Waals surface area contributed by atoms with E-state index < -0.39 is 22.1 Å². The molecule has 0 radical (unpaired) electrons. The molecule has 2 aromatic rings. The number of anilines is 3. The van der Waals surface area contributed by atoms with Crippen LogP contribution in [-0.4, -0.2) is 35.7 Å². The SMILES string of the molecule is COc1ccc(CNC(=O)Nc2cc3c(cc2F)N(C)S(=O)(=O)N3C)cc1. The number of methoxy groups -OCH3 is 1. The fourth-order valence-corrected chi connectivity index (χ4v) is 3.83. The molecule has 0 atom stereocenters. The van der Waals surface area contributed by atoms with E-state index in [-0.39, 0.29) is 23.6 Å². The summed E-state index contributed by atoms with van der Waals surface area (Å²) in [5, 5.41) is 5.02. The van der Waals surface area contributed by atoms with Crippen LogP contribution in [0.5, 0.6) is 5.75 Å². The van der Waals surface area contributed by atoms with Crippen molar-refractivity contribution in [1.29, 1.82) is 0 Å². The van der Waals surface area contributed by atoms with Crippen LogP contribution in [0, 0.1) is 5.82 Å². The van der Waals surface area contributed by atoms with Crippen molar-refractivity contribution in [2.75, 3.05) is 35.1 Å². The molecule has 2 aromatic carbocycles.